The Balaban J connectivity index is 0.00000341. The van der Waals surface area contributed by atoms with Crippen LogP contribution in [-0.2, 0) is 12.8 Å². The van der Waals surface area contributed by atoms with Crippen molar-refractivity contribution in [1.82, 2.24) is 15.6 Å². The monoisotopic (exact) mass is 538 g/mol. The number of oxazole rings is 1. The molecule has 1 heterocycles. The number of aliphatic imine (C=N–C) groups is 1. The van der Waals surface area contributed by atoms with Crippen LogP contribution in [0, 0.1) is 5.82 Å². The van der Waals surface area contributed by atoms with E-state index < -0.39 is 0 Å². The molecule has 0 bridgehead atoms. The highest BCUT2D eigenvalue weighted by Crippen LogP contribution is 2.19. The van der Waals surface area contributed by atoms with Crippen molar-refractivity contribution in [1.29, 1.82) is 0 Å². The normalized spacial score (nSPS) is 11.0. The number of methoxy groups -OCH3 is 1. The summed E-state index contributed by atoms with van der Waals surface area (Å²) in [6.45, 7) is 4.12. The Labute approximate surface area is 199 Å². The Morgan fingerprint density at radius 3 is 2.61 bits per heavy atom. The summed E-state index contributed by atoms with van der Waals surface area (Å²) < 4.78 is 24.0. The van der Waals surface area contributed by atoms with Crippen LogP contribution in [0.5, 0.6) is 5.75 Å². The molecule has 1 aromatic heterocycles. The number of guanidine groups is 1. The Bertz CT molecular complexity index is 960. The molecule has 0 unspecified atom stereocenters. The zero-order chi connectivity index (χ0) is 21.2. The molecule has 0 atom stereocenters. The molecule has 31 heavy (non-hydrogen) atoms. The van der Waals surface area contributed by atoms with Crippen molar-refractivity contribution in [3.63, 3.8) is 0 Å². The van der Waals surface area contributed by atoms with Crippen LogP contribution in [0.4, 0.5) is 4.39 Å². The predicted octanol–water partition coefficient (Wildman–Crippen LogP) is 4.45. The lowest BCUT2D eigenvalue weighted by molar-refractivity contribution is 0.409. The van der Waals surface area contributed by atoms with Gasteiger partial charge in [0.05, 0.1) is 12.8 Å². The summed E-state index contributed by atoms with van der Waals surface area (Å²) in [7, 11) is 1.68. The first-order chi connectivity index (χ1) is 14.7. The van der Waals surface area contributed by atoms with Crippen LogP contribution in [0.15, 0.2) is 64.2 Å². The molecule has 8 heteroatoms. The van der Waals surface area contributed by atoms with E-state index in [-0.39, 0.29) is 29.8 Å². The molecule has 0 radical (unpaired) electrons. The first-order valence-electron chi connectivity index (χ1n) is 10.0. The highest BCUT2D eigenvalue weighted by molar-refractivity contribution is 14.0. The smallest absolute Gasteiger partial charge is 0.226 e. The maximum Gasteiger partial charge on any atom is 0.226 e. The topological polar surface area (TPSA) is 71.7 Å². The van der Waals surface area contributed by atoms with Gasteiger partial charge in [-0.2, -0.15) is 0 Å². The van der Waals surface area contributed by atoms with Crippen molar-refractivity contribution < 1.29 is 13.5 Å². The third-order valence-electron chi connectivity index (χ3n) is 4.50. The van der Waals surface area contributed by atoms with Gasteiger partial charge in [0.25, 0.3) is 0 Å². The average molecular weight is 538 g/mol. The number of hydrogen-bond donors (Lipinski definition) is 2. The third kappa shape index (κ3) is 7.54. The Morgan fingerprint density at radius 2 is 1.87 bits per heavy atom. The molecule has 6 nitrogen and oxygen atoms in total. The van der Waals surface area contributed by atoms with E-state index >= 15 is 0 Å². The van der Waals surface area contributed by atoms with Crippen LogP contribution < -0.4 is 15.4 Å². The van der Waals surface area contributed by atoms with Crippen LogP contribution >= 0.6 is 24.0 Å². The average Bonchev–Trinajstić information content (AvgIpc) is 3.23. The predicted molar refractivity (Wildman–Crippen MR) is 132 cm³/mol. The summed E-state index contributed by atoms with van der Waals surface area (Å²) in [4.78, 5) is 9.07. The maximum atomic E-state index is 13.1. The maximum absolute atomic E-state index is 13.1. The first-order valence-corrected chi connectivity index (χ1v) is 10.0. The SMILES string of the molecule is CCNC(=NCCc1coc(-c2ccc(F)cc2)n1)NCCc1ccccc1OC.I. The van der Waals surface area contributed by atoms with Crippen LogP contribution in [-0.4, -0.2) is 37.7 Å². The van der Waals surface area contributed by atoms with Crippen molar-refractivity contribution in [2.45, 2.75) is 19.8 Å². The largest absolute Gasteiger partial charge is 0.496 e. The Morgan fingerprint density at radius 1 is 1.10 bits per heavy atom. The van der Waals surface area contributed by atoms with Crippen molar-refractivity contribution >= 4 is 29.9 Å². The lowest BCUT2D eigenvalue weighted by Gasteiger charge is -2.12. The Kier molecular flexibility index (Phi) is 10.3. The molecule has 166 valence electrons. The van der Waals surface area contributed by atoms with Gasteiger partial charge in [-0.1, -0.05) is 18.2 Å². The van der Waals surface area contributed by atoms with E-state index in [9.17, 15) is 4.39 Å². The van der Waals surface area contributed by atoms with Crippen molar-refractivity contribution in [2.75, 3.05) is 26.7 Å². The molecule has 0 amide bonds. The molecule has 0 fully saturated rings. The van der Waals surface area contributed by atoms with E-state index in [2.05, 4.69) is 26.7 Å². The molecule has 2 N–H and O–H groups in total. The number of para-hydroxylation sites is 1. The minimum atomic E-state index is -0.283. The number of aromatic nitrogens is 1. The van der Waals surface area contributed by atoms with E-state index in [4.69, 9.17) is 9.15 Å². The summed E-state index contributed by atoms with van der Waals surface area (Å²) in [5.41, 5.74) is 2.71. The van der Waals surface area contributed by atoms with Crippen LogP contribution in [0.2, 0.25) is 0 Å². The van der Waals surface area contributed by atoms with Gasteiger partial charge in [0, 0.05) is 31.6 Å². The zero-order valence-electron chi connectivity index (χ0n) is 17.7. The highest BCUT2D eigenvalue weighted by atomic mass is 127. The summed E-state index contributed by atoms with van der Waals surface area (Å²) in [5, 5.41) is 6.60. The van der Waals surface area contributed by atoms with Gasteiger partial charge in [0.2, 0.25) is 5.89 Å². The van der Waals surface area contributed by atoms with Gasteiger partial charge in [0.1, 0.15) is 17.8 Å². The number of halogens is 2. The van der Waals surface area contributed by atoms with Crippen molar-refractivity contribution in [3.8, 4) is 17.2 Å². The highest BCUT2D eigenvalue weighted by Gasteiger charge is 2.07. The van der Waals surface area contributed by atoms with Crippen LogP contribution in [0.3, 0.4) is 0 Å². The van der Waals surface area contributed by atoms with Gasteiger partial charge in [-0.15, -0.1) is 24.0 Å². The molecule has 3 aromatic rings. The van der Waals surface area contributed by atoms with Crippen LogP contribution in [0.25, 0.3) is 11.5 Å². The molecular formula is C23H28FIN4O2. The fourth-order valence-electron chi connectivity index (χ4n) is 3.00. The summed E-state index contributed by atoms with van der Waals surface area (Å²) in [6, 6.07) is 14.1. The van der Waals surface area contributed by atoms with E-state index in [1.807, 2.05) is 25.1 Å². The van der Waals surface area contributed by atoms with Gasteiger partial charge in [-0.05, 0) is 49.2 Å². The fraction of sp³-hybridized carbons (Fsp3) is 0.304. The standard InChI is InChI=1S/C23H27FN4O2.HI/c1-3-25-23(26-14-12-17-6-4-5-7-21(17)29-2)27-15-13-20-16-30-22(28-20)18-8-10-19(24)11-9-18;/h4-11,16H,3,12-15H2,1-2H3,(H2,25,26,27);1H. The van der Waals surface area contributed by atoms with Crippen molar-refractivity contribution in [3.05, 3.63) is 71.9 Å². The van der Waals surface area contributed by atoms with Gasteiger partial charge < -0.3 is 19.8 Å². The lowest BCUT2D eigenvalue weighted by atomic mass is 10.1. The number of ether oxygens (including phenoxy) is 1. The second-order valence-electron chi connectivity index (χ2n) is 6.65. The second kappa shape index (κ2) is 12.9. The van der Waals surface area contributed by atoms with Gasteiger partial charge in [-0.25, -0.2) is 9.37 Å². The van der Waals surface area contributed by atoms with Gasteiger partial charge >= 0.3 is 0 Å². The molecule has 0 spiro atoms. The second-order valence-corrected chi connectivity index (χ2v) is 6.65. The minimum absolute atomic E-state index is 0. The molecule has 0 aliphatic heterocycles. The Hall–Kier alpha value is -2.62. The number of nitrogens with zero attached hydrogens (tertiary/aromatic N) is 2. The van der Waals surface area contributed by atoms with E-state index in [0.717, 1.165) is 48.0 Å². The third-order valence-corrected chi connectivity index (χ3v) is 4.50. The molecule has 3 rings (SSSR count). The minimum Gasteiger partial charge on any atom is -0.496 e. The zero-order valence-corrected chi connectivity index (χ0v) is 20.1. The molecule has 0 aliphatic rings. The summed E-state index contributed by atoms with van der Waals surface area (Å²) in [6.07, 6.45) is 3.10. The van der Waals surface area contributed by atoms with Gasteiger partial charge in [-0.3, -0.25) is 4.99 Å². The number of rotatable bonds is 9. The molecule has 0 saturated carbocycles. The van der Waals surface area contributed by atoms with Crippen molar-refractivity contribution in [2.24, 2.45) is 4.99 Å². The summed E-state index contributed by atoms with van der Waals surface area (Å²) in [5.74, 6) is 1.85. The van der Waals surface area contributed by atoms with E-state index in [1.54, 1.807) is 25.5 Å². The molecule has 0 aliphatic carbocycles. The molecule has 2 aromatic carbocycles. The quantitative estimate of drug-likeness (QED) is 0.240. The number of hydrogen-bond acceptors (Lipinski definition) is 4. The number of benzene rings is 2. The molecular weight excluding hydrogens is 510 g/mol. The van der Waals surface area contributed by atoms with E-state index in [1.165, 1.54) is 12.1 Å². The van der Waals surface area contributed by atoms with Gasteiger partial charge in [0.15, 0.2) is 5.96 Å². The fourth-order valence-corrected chi connectivity index (χ4v) is 3.00. The lowest BCUT2D eigenvalue weighted by Crippen LogP contribution is -2.38. The van der Waals surface area contributed by atoms with E-state index in [0.29, 0.717) is 18.9 Å². The van der Waals surface area contributed by atoms with Crippen LogP contribution in [0.1, 0.15) is 18.2 Å². The first kappa shape index (κ1) is 24.6. The summed E-state index contributed by atoms with van der Waals surface area (Å²) >= 11 is 0. The molecule has 0 saturated heterocycles. The number of nitrogens with one attached hydrogen (secondary N) is 2.